The van der Waals surface area contributed by atoms with Gasteiger partial charge in [0.1, 0.15) is 17.3 Å². The summed E-state index contributed by atoms with van der Waals surface area (Å²) in [5.41, 5.74) is 1.42. The van der Waals surface area contributed by atoms with Gasteiger partial charge < -0.3 is 36.2 Å². The highest BCUT2D eigenvalue weighted by Crippen LogP contribution is 2.38. The summed E-state index contributed by atoms with van der Waals surface area (Å²) >= 11 is 5.23. The molecule has 1 aliphatic rings. The van der Waals surface area contributed by atoms with Crippen LogP contribution in [0, 0.1) is 0 Å². The number of hydrogen-bond acceptors (Lipinski definition) is 7. The number of rotatable bonds is 11. The second-order valence-corrected chi connectivity index (χ2v) is 8.26. The maximum atomic E-state index is 12.1. The van der Waals surface area contributed by atoms with Gasteiger partial charge in [-0.2, -0.15) is 0 Å². The number of ketones is 1. The molecule has 0 saturated carbocycles. The van der Waals surface area contributed by atoms with Crippen LogP contribution in [0.3, 0.4) is 0 Å². The van der Waals surface area contributed by atoms with Crippen LogP contribution in [0.2, 0.25) is 0 Å². The molecule has 0 saturated heterocycles. The largest absolute Gasteiger partial charge is 0.508 e. The number of nitrogens with one attached hydrogen (secondary N) is 4. The number of ether oxygens (including phenoxy) is 1. The van der Waals surface area contributed by atoms with E-state index in [1.165, 1.54) is 42.5 Å². The van der Waals surface area contributed by atoms with Crippen LogP contribution in [0.25, 0.3) is 11.1 Å². The predicted molar refractivity (Wildman–Crippen MR) is 144 cm³/mol. The fourth-order valence-corrected chi connectivity index (χ4v) is 3.57. The average Bonchev–Trinajstić information content (AvgIpc) is 2.88. The van der Waals surface area contributed by atoms with Gasteiger partial charge in [0.15, 0.2) is 10.9 Å². The summed E-state index contributed by atoms with van der Waals surface area (Å²) in [6.45, 7) is 4.23. The number of aromatic hydroxyl groups is 1. The van der Waals surface area contributed by atoms with E-state index < -0.39 is 5.97 Å². The van der Waals surface area contributed by atoms with Crippen molar-refractivity contribution in [3.05, 3.63) is 78.1 Å². The number of benzene rings is 2. The molecule has 0 heterocycles. The Kier molecular flexibility index (Phi) is 9.32. The maximum Gasteiger partial charge on any atom is 0.336 e. The quantitative estimate of drug-likeness (QED) is 0.142. The third-order valence-corrected chi connectivity index (χ3v) is 5.35. The van der Waals surface area contributed by atoms with E-state index >= 15 is 0 Å². The van der Waals surface area contributed by atoms with E-state index in [9.17, 15) is 29.4 Å². The Balaban J connectivity index is 1.76. The lowest BCUT2D eigenvalue weighted by atomic mass is 9.97. The number of amides is 2. The Morgan fingerprint density at radius 2 is 1.79 bits per heavy atom. The topological polar surface area (TPSA) is 166 Å². The first-order chi connectivity index (χ1) is 18.2. The van der Waals surface area contributed by atoms with E-state index in [-0.39, 0.29) is 59.3 Å². The summed E-state index contributed by atoms with van der Waals surface area (Å²) < 4.78 is 5.87. The molecule has 2 aromatic rings. The molecule has 0 radical (unpaired) electrons. The molecule has 3 rings (SSSR count). The predicted octanol–water partition coefficient (Wildman–Crippen LogP) is 1.86. The minimum atomic E-state index is -1.22. The Morgan fingerprint density at radius 1 is 1.05 bits per heavy atom. The Hall–Kier alpha value is -4.97. The number of carboxylic acids is 1. The van der Waals surface area contributed by atoms with Crippen LogP contribution in [-0.2, 0) is 14.4 Å². The minimum absolute atomic E-state index is 0.0734. The molecule has 6 N–H and O–H groups in total. The fourth-order valence-electron chi connectivity index (χ4n) is 3.35. The first-order valence-electron chi connectivity index (χ1n) is 11.2. The number of thiocarbonyl (C=S) groups is 1. The van der Waals surface area contributed by atoms with E-state index in [1.54, 1.807) is 12.1 Å². The first-order valence-corrected chi connectivity index (χ1v) is 11.6. The molecule has 0 atom stereocenters. The van der Waals surface area contributed by atoms with Gasteiger partial charge >= 0.3 is 5.97 Å². The van der Waals surface area contributed by atoms with Crippen LogP contribution in [0.15, 0.2) is 72.5 Å². The van der Waals surface area contributed by atoms with Gasteiger partial charge in [0, 0.05) is 47.6 Å². The lowest BCUT2D eigenvalue weighted by Crippen LogP contribution is -2.39. The van der Waals surface area contributed by atoms with Crippen LogP contribution in [0.1, 0.15) is 10.4 Å². The van der Waals surface area contributed by atoms with Crippen molar-refractivity contribution in [2.75, 3.05) is 25.0 Å². The minimum Gasteiger partial charge on any atom is -0.508 e. The number of carbonyl (C=O) groups excluding carboxylic acids is 3. The Bertz CT molecular complexity index is 1370. The number of allylic oxidation sites excluding steroid dienone is 3. The van der Waals surface area contributed by atoms with Gasteiger partial charge in [0.05, 0.1) is 12.1 Å². The molecule has 0 spiro atoms. The molecule has 2 aromatic carbocycles. The van der Waals surface area contributed by atoms with Gasteiger partial charge in [0.25, 0.3) is 0 Å². The summed E-state index contributed by atoms with van der Waals surface area (Å²) in [4.78, 5) is 45.6. The van der Waals surface area contributed by atoms with Crippen LogP contribution in [0.5, 0.6) is 11.5 Å². The summed E-state index contributed by atoms with van der Waals surface area (Å²) in [7, 11) is 0. The van der Waals surface area contributed by atoms with Crippen molar-refractivity contribution in [2.45, 2.75) is 0 Å². The zero-order valence-electron chi connectivity index (χ0n) is 19.9. The second-order valence-electron chi connectivity index (χ2n) is 7.85. The summed E-state index contributed by atoms with van der Waals surface area (Å²) in [5.74, 6) is -1.68. The zero-order chi connectivity index (χ0) is 27.7. The number of phenols is 1. The zero-order valence-corrected chi connectivity index (χ0v) is 20.8. The third-order valence-electron chi connectivity index (χ3n) is 5.10. The van der Waals surface area contributed by atoms with Crippen molar-refractivity contribution in [1.82, 2.24) is 16.0 Å². The highest BCUT2D eigenvalue weighted by Gasteiger charge is 2.19. The molecular formula is C26H24N4O7S. The SMILES string of the molecule is C=C1C=CC(=O)C=C1Oc1cc(O)ccc1-c1ccc(NC(=S)NCCNC(=O)CNC=O)cc1C(=O)O. The molecule has 12 heteroatoms. The monoisotopic (exact) mass is 536 g/mol. The van der Waals surface area contributed by atoms with Crippen molar-refractivity contribution >= 4 is 47.1 Å². The lowest BCUT2D eigenvalue weighted by Gasteiger charge is -2.18. The van der Waals surface area contributed by atoms with E-state index in [0.717, 1.165) is 0 Å². The molecule has 196 valence electrons. The molecule has 0 aliphatic heterocycles. The number of anilines is 1. The van der Waals surface area contributed by atoms with E-state index in [4.69, 9.17) is 17.0 Å². The average molecular weight is 537 g/mol. The van der Waals surface area contributed by atoms with Gasteiger partial charge in [-0.3, -0.25) is 14.4 Å². The van der Waals surface area contributed by atoms with Crippen molar-refractivity contribution in [2.24, 2.45) is 0 Å². The number of hydrogen-bond donors (Lipinski definition) is 6. The maximum absolute atomic E-state index is 12.1. The molecule has 1 aliphatic carbocycles. The van der Waals surface area contributed by atoms with E-state index in [0.29, 0.717) is 28.8 Å². The standard InChI is InChI=1S/C26H24N4O7S/c1-15-2-4-17(32)11-22(15)37-23-12-18(33)5-7-20(23)19-6-3-16(10-21(19)25(35)36)30-26(38)29-9-8-28-24(34)13-27-14-31/h2-7,10-12,14,33H,1,8-9,13H2,(H,27,31)(H,28,34)(H,35,36)(H2,29,30,38). The summed E-state index contributed by atoms with van der Waals surface area (Å²) in [6.07, 6.45) is 4.52. The van der Waals surface area contributed by atoms with Gasteiger partial charge in [-0.15, -0.1) is 0 Å². The third kappa shape index (κ3) is 7.51. The normalized spacial score (nSPS) is 12.3. The smallest absolute Gasteiger partial charge is 0.336 e. The highest BCUT2D eigenvalue weighted by atomic mass is 32.1. The second kappa shape index (κ2) is 12.8. The van der Waals surface area contributed by atoms with Crippen molar-refractivity contribution in [3.63, 3.8) is 0 Å². The number of phenolic OH excluding ortho intramolecular Hbond substituents is 1. The Labute approximate surface area is 222 Å². The van der Waals surface area contributed by atoms with Crippen LogP contribution in [0.4, 0.5) is 5.69 Å². The van der Waals surface area contributed by atoms with Crippen LogP contribution < -0.4 is 26.0 Å². The molecule has 0 fully saturated rings. The van der Waals surface area contributed by atoms with Crippen molar-refractivity contribution < 1.29 is 34.1 Å². The molecule has 0 aromatic heterocycles. The van der Waals surface area contributed by atoms with E-state index in [1.807, 2.05) is 0 Å². The Morgan fingerprint density at radius 3 is 2.53 bits per heavy atom. The van der Waals surface area contributed by atoms with Crippen LogP contribution in [-0.4, -0.2) is 59.0 Å². The van der Waals surface area contributed by atoms with Gasteiger partial charge in [-0.05, 0) is 48.6 Å². The molecule has 38 heavy (non-hydrogen) atoms. The first kappa shape index (κ1) is 27.6. The van der Waals surface area contributed by atoms with Crippen LogP contribution >= 0.6 is 12.2 Å². The molecule has 11 nitrogen and oxygen atoms in total. The summed E-state index contributed by atoms with van der Waals surface area (Å²) in [5, 5.41) is 30.7. The van der Waals surface area contributed by atoms with E-state index in [2.05, 4.69) is 27.8 Å². The number of carboxylic acid groups (broad SMARTS) is 1. The number of aromatic carboxylic acids is 1. The number of carbonyl (C=O) groups is 4. The molecular weight excluding hydrogens is 512 g/mol. The fraction of sp³-hybridized carbons (Fsp3) is 0.115. The molecule has 0 unspecified atom stereocenters. The van der Waals surface area contributed by atoms with Gasteiger partial charge in [-0.25, -0.2) is 4.79 Å². The molecule has 2 amide bonds. The van der Waals surface area contributed by atoms with Gasteiger partial charge in [-0.1, -0.05) is 12.6 Å². The van der Waals surface area contributed by atoms with Crippen molar-refractivity contribution in [1.29, 1.82) is 0 Å². The lowest BCUT2D eigenvalue weighted by molar-refractivity contribution is -0.122. The summed E-state index contributed by atoms with van der Waals surface area (Å²) in [6, 6.07) is 8.78. The van der Waals surface area contributed by atoms with Gasteiger partial charge in [0.2, 0.25) is 12.3 Å². The molecule has 0 bridgehead atoms. The van der Waals surface area contributed by atoms with Crippen molar-refractivity contribution in [3.8, 4) is 22.6 Å². The highest BCUT2D eigenvalue weighted by molar-refractivity contribution is 7.80.